The van der Waals surface area contributed by atoms with Gasteiger partial charge in [-0.2, -0.15) is 0 Å². The molecule has 0 bridgehead atoms. The predicted molar refractivity (Wildman–Crippen MR) is 175 cm³/mol. The van der Waals surface area contributed by atoms with E-state index in [1.54, 1.807) is 11.1 Å². The van der Waals surface area contributed by atoms with Gasteiger partial charge in [0.1, 0.15) is 24.4 Å². The SMILES string of the molecule is O=C(N[C@@H](Cc1ccc(-c2ccccc2)cc1)C(=O)O)C1c2cc(OCc3ccccn3)ccc2CCN1C(=O)CC1CCCC1. The number of rotatable bonds is 11. The number of nitrogens with zero attached hydrogens (tertiary/aromatic N) is 2. The number of ether oxygens (including phenoxy) is 1. The first-order chi connectivity index (χ1) is 22.4. The number of hydrogen-bond acceptors (Lipinski definition) is 5. The summed E-state index contributed by atoms with van der Waals surface area (Å²) in [5.41, 5.74) is 5.26. The maximum atomic E-state index is 14.1. The summed E-state index contributed by atoms with van der Waals surface area (Å²) < 4.78 is 6.04. The third-order valence-corrected chi connectivity index (χ3v) is 9.08. The molecule has 8 nitrogen and oxygen atoms in total. The number of carboxylic acid groups (broad SMARTS) is 1. The summed E-state index contributed by atoms with van der Waals surface area (Å²) in [6.45, 7) is 0.647. The Morgan fingerprint density at radius 1 is 0.913 bits per heavy atom. The highest BCUT2D eigenvalue weighted by atomic mass is 16.5. The number of hydrogen-bond donors (Lipinski definition) is 2. The number of nitrogens with one attached hydrogen (secondary N) is 1. The quantitative estimate of drug-likeness (QED) is 0.209. The Labute approximate surface area is 269 Å². The smallest absolute Gasteiger partial charge is 0.326 e. The molecule has 2 atom stereocenters. The first-order valence-corrected chi connectivity index (χ1v) is 16.1. The van der Waals surface area contributed by atoms with Crippen LogP contribution in [0.5, 0.6) is 5.75 Å². The maximum Gasteiger partial charge on any atom is 0.326 e. The van der Waals surface area contributed by atoms with Crippen molar-refractivity contribution in [3.63, 3.8) is 0 Å². The van der Waals surface area contributed by atoms with Crippen molar-refractivity contribution >= 4 is 17.8 Å². The minimum absolute atomic E-state index is 0.0686. The van der Waals surface area contributed by atoms with E-state index < -0.39 is 24.0 Å². The van der Waals surface area contributed by atoms with Crippen LogP contribution in [0.1, 0.15) is 60.5 Å². The van der Waals surface area contributed by atoms with Crippen molar-refractivity contribution in [2.45, 2.75) is 63.6 Å². The molecule has 2 aliphatic rings. The molecule has 0 saturated heterocycles. The van der Waals surface area contributed by atoms with Gasteiger partial charge in [0.2, 0.25) is 11.8 Å². The van der Waals surface area contributed by atoms with Gasteiger partial charge in [-0.05, 0) is 77.3 Å². The molecule has 46 heavy (non-hydrogen) atoms. The average Bonchev–Trinajstić information content (AvgIpc) is 3.60. The lowest BCUT2D eigenvalue weighted by Gasteiger charge is -2.37. The van der Waals surface area contributed by atoms with Crippen LogP contribution in [-0.4, -0.2) is 45.4 Å². The molecule has 4 aromatic rings. The largest absolute Gasteiger partial charge is 0.487 e. The lowest BCUT2D eigenvalue weighted by atomic mass is 9.90. The number of amides is 2. The molecule has 0 radical (unpaired) electrons. The normalized spacial score (nSPS) is 16.8. The van der Waals surface area contributed by atoms with Crippen LogP contribution in [0, 0.1) is 5.92 Å². The van der Waals surface area contributed by atoms with Gasteiger partial charge in [-0.15, -0.1) is 0 Å². The van der Waals surface area contributed by atoms with E-state index in [1.807, 2.05) is 91.0 Å². The Morgan fingerprint density at radius 3 is 2.37 bits per heavy atom. The van der Waals surface area contributed by atoms with Crippen molar-refractivity contribution in [2.24, 2.45) is 5.92 Å². The number of aromatic nitrogens is 1. The van der Waals surface area contributed by atoms with Gasteiger partial charge in [0.05, 0.1) is 5.69 Å². The van der Waals surface area contributed by atoms with E-state index in [0.717, 1.165) is 53.6 Å². The molecule has 1 unspecified atom stereocenters. The summed E-state index contributed by atoms with van der Waals surface area (Å²) in [6, 6.07) is 26.7. The molecule has 1 fully saturated rings. The highest BCUT2D eigenvalue weighted by molar-refractivity contribution is 5.92. The Bertz CT molecular complexity index is 1650. The van der Waals surface area contributed by atoms with Gasteiger partial charge in [-0.1, -0.05) is 79.6 Å². The van der Waals surface area contributed by atoms with Gasteiger partial charge in [0.25, 0.3) is 0 Å². The van der Waals surface area contributed by atoms with Gasteiger partial charge < -0.3 is 20.1 Å². The first-order valence-electron chi connectivity index (χ1n) is 16.1. The molecule has 0 spiro atoms. The fourth-order valence-corrected chi connectivity index (χ4v) is 6.60. The van der Waals surface area contributed by atoms with Gasteiger partial charge in [-0.25, -0.2) is 4.79 Å². The summed E-state index contributed by atoms with van der Waals surface area (Å²) in [5, 5.41) is 13.0. The number of benzene rings is 3. The molecule has 6 rings (SSSR count). The van der Waals surface area contributed by atoms with Crippen molar-refractivity contribution in [3.8, 4) is 16.9 Å². The summed E-state index contributed by atoms with van der Waals surface area (Å²) >= 11 is 0. The van der Waals surface area contributed by atoms with E-state index in [-0.39, 0.29) is 18.9 Å². The number of pyridine rings is 1. The summed E-state index contributed by atoms with van der Waals surface area (Å²) in [6.07, 6.45) is 7.08. The van der Waals surface area contributed by atoms with Crippen molar-refractivity contribution in [1.82, 2.24) is 15.2 Å². The molecule has 1 aromatic heterocycles. The average molecular weight is 618 g/mol. The van der Waals surface area contributed by atoms with Gasteiger partial charge >= 0.3 is 5.97 Å². The monoisotopic (exact) mass is 617 g/mol. The molecular weight excluding hydrogens is 578 g/mol. The van der Waals surface area contributed by atoms with Crippen LogP contribution in [0.4, 0.5) is 0 Å². The zero-order valence-corrected chi connectivity index (χ0v) is 25.8. The van der Waals surface area contributed by atoms with E-state index >= 15 is 0 Å². The summed E-state index contributed by atoms with van der Waals surface area (Å²) in [5.74, 6) is -0.832. The Balaban J connectivity index is 1.23. The Hall–Kier alpha value is -4.98. The third kappa shape index (κ3) is 7.45. The summed E-state index contributed by atoms with van der Waals surface area (Å²) in [4.78, 5) is 46.3. The zero-order valence-electron chi connectivity index (χ0n) is 25.8. The minimum Gasteiger partial charge on any atom is -0.487 e. The lowest BCUT2D eigenvalue weighted by molar-refractivity contribution is -0.145. The molecule has 1 saturated carbocycles. The van der Waals surface area contributed by atoms with Crippen molar-refractivity contribution < 1.29 is 24.2 Å². The van der Waals surface area contributed by atoms with E-state index in [2.05, 4.69) is 10.3 Å². The van der Waals surface area contributed by atoms with Crippen LogP contribution in [0.25, 0.3) is 11.1 Å². The second-order valence-electron chi connectivity index (χ2n) is 12.2. The third-order valence-electron chi connectivity index (χ3n) is 9.08. The number of fused-ring (bicyclic) bond motifs is 1. The van der Waals surface area contributed by atoms with Gasteiger partial charge in [0.15, 0.2) is 0 Å². The number of aliphatic carboxylic acids is 1. The van der Waals surface area contributed by atoms with Crippen LogP contribution in [-0.2, 0) is 33.8 Å². The standard InChI is InChI=1S/C38H39N3O5/c42-35(23-26-8-4-5-9-26)41-21-19-30-17-18-32(46-25-31-12-6-7-20-39-31)24-33(30)36(41)37(43)40-34(38(44)45)22-27-13-15-29(16-14-27)28-10-2-1-3-11-28/h1-3,6-7,10-18,20,24,26,34,36H,4-5,8-9,19,21-23,25H2,(H,40,43)(H,44,45)/t34-,36?/m0/s1. The maximum absolute atomic E-state index is 14.1. The second kappa shape index (κ2) is 14.4. The van der Waals surface area contributed by atoms with E-state index in [4.69, 9.17) is 4.74 Å². The van der Waals surface area contributed by atoms with Crippen molar-refractivity contribution in [3.05, 3.63) is 120 Å². The Morgan fingerprint density at radius 2 is 1.65 bits per heavy atom. The molecule has 2 N–H and O–H groups in total. The fourth-order valence-electron chi connectivity index (χ4n) is 6.60. The van der Waals surface area contributed by atoms with Gasteiger partial charge in [-0.3, -0.25) is 14.6 Å². The van der Waals surface area contributed by atoms with Crippen LogP contribution >= 0.6 is 0 Å². The Kier molecular flexibility index (Phi) is 9.72. The van der Waals surface area contributed by atoms with Crippen LogP contribution in [0.15, 0.2) is 97.2 Å². The van der Waals surface area contributed by atoms with E-state index in [0.29, 0.717) is 36.6 Å². The molecule has 3 aromatic carbocycles. The van der Waals surface area contributed by atoms with E-state index in [9.17, 15) is 19.5 Å². The minimum atomic E-state index is -1.17. The van der Waals surface area contributed by atoms with Crippen molar-refractivity contribution in [2.75, 3.05) is 6.54 Å². The highest BCUT2D eigenvalue weighted by Gasteiger charge is 2.38. The highest BCUT2D eigenvalue weighted by Crippen LogP contribution is 2.36. The zero-order chi connectivity index (χ0) is 31.9. The molecule has 1 aliphatic heterocycles. The second-order valence-corrected chi connectivity index (χ2v) is 12.2. The van der Waals surface area contributed by atoms with E-state index in [1.165, 1.54) is 0 Å². The predicted octanol–water partition coefficient (Wildman–Crippen LogP) is 6.15. The molecule has 1 aliphatic carbocycles. The van der Waals surface area contributed by atoms with Crippen LogP contribution in [0.3, 0.4) is 0 Å². The molecule has 2 heterocycles. The number of carboxylic acids is 1. The number of carbonyl (C=O) groups excluding carboxylic acids is 2. The molecule has 236 valence electrons. The van der Waals surface area contributed by atoms with Gasteiger partial charge in [0, 0.05) is 25.6 Å². The number of carbonyl (C=O) groups is 3. The first kappa shape index (κ1) is 31.0. The van der Waals surface area contributed by atoms with Crippen molar-refractivity contribution in [1.29, 1.82) is 0 Å². The topological polar surface area (TPSA) is 109 Å². The molecular formula is C38H39N3O5. The van der Waals surface area contributed by atoms with Crippen LogP contribution < -0.4 is 10.1 Å². The molecule has 8 heteroatoms. The summed E-state index contributed by atoms with van der Waals surface area (Å²) in [7, 11) is 0. The van der Waals surface area contributed by atoms with Crippen LogP contribution in [0.2, 0.25) is 0 Å². The molecule has 2 amide bonds. The lowest BCUT2D eigenvalue weighted by Crippen LogP contribution is -2.51. The fraction of sp³-hybridized carbons (Fsp3) is 0.316.